The second-order valence-electron chi connectivity index (χ2n) is 5.45. The van der Waals surface area contributed by atoms with Crippen LogP contribution in [0.3, 0.4) is 0 Å². The van der Waals surface area contributed by atoms with Crippen LogP contribution < -0.4 is 4.90 Å². The van der Waals surface area contributed by atoms with Gasteiger partial charge in [-0.1, -0.05) is 30.3 Å². The van der Waals surface area contributed by atoms with Crippen LogP contribution in [-0.2, 0) is 17.0 Å². The maximum absolute atomic E-state index is 13.2. The number of hydrogen-bond acceptors (Lipinski definition) is 2. The van der Waals surface area contributed by atoms with Crippen LogP contribution in [0.4, 0.5) is 10.1 Å². The summed E-state index contributed by atoms with van der Waals surface area (Å²) in [5.74, 6) is 0.539. The highest BCUT2D eigenvalue weighted by atomic mass is 32.2. The van der Waals surface area contributed by atoms with E-state index in [1.54, 1.807) is 17.8 Å². The molecular weight excluding hydrogens is 297 g/mol. The summed E-state index contributed by atoms with van der Waals surface area (Å²) in [6.07, 6.45) is 0.920. The summed E-state index contributed by atoms with van der Waals surface area (Å²) in [5.41, 5.74) is 3.18. The molecule has 114 valence electrons. The third-order valence-electron chi connectivity index (χ3n) is 3.89. The van der Waals surface area contributed by atoms with Gasteiger partial charge in [-0.15, -0.1) is 11.8 Å². The van der Waals surface area contributed by atoms with E-state index in [1.165, 1.54) is 17.7 Å². The summed E-state index contributed by atoms with van der Waals surface area (Å²) in [6, 6.07) is 14.6. The van der Waals surface area contributed by atoms with E-state index < -0.39 is 0 Å². The lowest BCUT2D eigenvalue weighted by Gasteiger charge is -2.21. The van der Waals surface area contributed by atoms with Gasteiger partial charge in [-0.3, -0.25) is 4.79 Å². The van der Waals surface area contributed by atoms with Gasteiger partial charge in [0.05, 0.1) is 5.25 Å². The first-order chi connectivity index (χ1) is 10.6. The molecule has 0 saturated heterocycles. The monoisotopic (exact) mass is 315 g/mol. The van der Waals surface area contributed by atoms with Gasteiger partial charge in [0, 0.05) is 18.0 Å². The largest absolute Gasteiger partial charge is 0.311 e. The van der Waals surface area contributed by atoms with E-state index in [9.17, 15) is 9.18 Å². The first-order valence-electron chi connectivity index (χ1n) is 7.40. The minimum atomic E-state index is -0.231. The second-order valence-corrected chi connectivity index (χ2v) is 6.78. The molecular formula is C18H18FNOS. The van der Waals surface area contributed by atoms with Gasteiger partial charge in [0.25, 0.3) is 0 Å². The summed E-state index contributed by atoms with van der Waals surface area (Å²) in [5, 5.41) is -0.144. The maximum atomic E-state index is 13.2. The molecule has 2 nitrogen and oxygen atoms in total. The minimum Gasteiger partial charge on any atom is -0.311 e. The van der Waals surface area contributed by atoms with Gasteiger partial charge in [0.15, 0.2) is 0 Å². The number of carbonyl (C=O) groups excluding carboxylic acids is 1. The van der Waals surface area contributed by atoms with E-state index in [4.69, 9.17) is 0 Å². The highest BCUT2D eigenvalue weighted by molar-refractivity contribution is 7.99. The van der Waals surface area contributed by atoms with Gasteiger partial charge >= 0.3 is 0 Å². The number of carbonyl (C=O) groups is 1. The third-order valence-corrected chi connectivity index (χ3v) is 5.09. The zero-order valence-corrected chi connectivity index (χ0v) is 13.3. The van der Waals surface area contributed by atoms with E-state index >= 15 is 0 Å². The number of halogens is 1. The molecule has 3 rings (SSSR count). The highest BCUT2D eigenvalue weighted by Gasteiger charge is 2.27. The quantitative estimate of drug-likeness (QED) is 0.849. The number of hydrogen-bond donors (Lipinski definition) is 0. The normalized spacial score (nSPS) is 14.7. The second kappa shape index (κ2) is 6.53. The average Bonchev–Trinajstić information content (AvgIpc) is 2.96. The Morgan fingerprint density at radius 1 is 1.27 bits per heavy atom. The Morgan fingerprint density at radius 2 is 2.09 bits per heavy atom. The molecule has 0 bridgehead atoms. The third kappa shape index (κ3) is 3.17. The summed E-state index contributed by atoms with van der Waals surface area (Å²) in [6.45, 7) is 2.68. The fourth-order valence-corrected chi connectivity index (χ4v) is 3.60. The molecule has 1 aliphatic rings. The lowest BCUT2D eigenvalue weighted by molar-refractivity contribution is -0.117. The van der Waals surface area contributed by atoms with Gasteiger partial charge in [-0.2, -0.15) is 0 Å². The average molecular weight is 315 g/mol. The molecule has 2 aromatic carbocycles. The number of nitrogens with zero attached hydrogens (tertiary/aromatic N) is 1. The van der Waals surface area contributed by atoms with Crippen molar-refractivity contribution >= 4 is 23.4 Å². The van der Waals surface area contributed by atoms with Crippen molar-refractivity contribution in [1.82, 2.24) is 0 Å². The fraction of sp³-hybridized carbons (Fsp3) is 0.278. The fourth-order valence-electron chi connectivity index (χ4n) is 2.71. The molecule has 22 heavy (non-hydrogen) atoms. The topological polar surface area (TPSA) is 20.3 Å². The molecule has 0 radical (unpaired) electrons. The molecule has 4 heteroatoms. The van der Waals surface area contributed by atoms with Crippen LogP contribution in [0.1, 0.15) is 18.1 Å². The van der Waals surface area contributed by atoms with E-state index in [0.29, 0.717) is 5.75 Å². The summed E-state index contributed by atoms with van der Waals surface area (Å²) >= 11 is 1.55. The van der Waals surface area contributed by atoms with Crippen molar-refractivity contribution in [3.8, 4) is 0 Å². The molecule has 0 spiro atoms. The number of thioether (sulfide) groups is 1. The molecule has 1 amide bonds. The maximum Gasteiger partial charge on any atom is 0.239 e. The highest BCUT2D eigenvalue weighted by Crippen LogP contribution is 2.30. The summed E-state index contributed by atoms with van der Waals surface area (Å²) in [4.78, 5) is 14.5. The first kappa shape index (κ1) is 15.1. The van der Waals surface area contributed by atoms with Gasteiger partial charge in [0.1, 0.15) is 5.82 Å². The van der Waals surface area contributed by atoms with Crippen LogP contribution in [0.25, 0.3) is 0 Å². The lowest BCUT2D eigenvalue weighted by Crippen LogP contribution is -2.35. The molecule has 0 saturated carbocycles. The standard InChI is InChI=1S/C18H18FNOS/c1-13(22-12-14-5-4-7-16(19)11-14)18(21)20-10-9-15-6-2-3-8-17(15)20/h2-8,11,13H,9-10,12H2,1H3. The smallest absolute Gasteiger partial charge is 0.239 e. The van der Waals surface area contributed by atoms with Gasteiger partial charge in [-0.05, 0) is 42.7 Å². The molecule has 0 aromatic heterocycles. The SMILES string of the molecule is CC(SCc1cccc(F)c1)C(=O)N1CCc2ccccc21. The predicted molar refractivity (Wildman–Crippen MR) is 89.7 cm³/mol. The Kier molecular flexibility index (Phi) is 4.48. The van der Waals surface area contributed by atoms with Crippen molar-refractivity contribution < 1.29 is 9.18 Å². The Labute approximate surface area is 134 Å². The Balaban J connectivity index is 1.63. The molecule has 0 N–H and O–H groups in total. The van der Waals surface area contributed by atoms with Crippen molar-refractivity contribution in [1.29, 1.82) is 0 Å². The summed E-state index contributed by atoms with van der Waals surface area (Å²) < 4.78 is 13.2. The van der Waals surface area contributed by atoms with Crippen LogP contribution in [0.15, 0.2) is 48.5 Å². The van der Waals surface area contributed by atoms with Crippen LogP contribution in [0.5, 0.6) is 0 Å². The molecule has 0 fully saturated rings. The molecule has 1 unspecified atom stereocenters. The van der Waals surface area contributed by atoms with Crippen molar-refractivity contribution in [3.63, 3.8) is 0 Å². The van der Waals surface area contributed by atoms with Crippen LogP contribution in [0.2, 0.25) is 0 Å². The minimum absolute atomic E-state index is 0.131. The van der Waals surface area contributed by atoms with E-state index in [-0.39, 0.29) is 17.0 Å². The Morgan fingerprint density at radius 3 is 2.91 bits per heavy atom. The van der Waals surface area contributed by atoms with Gasteiger partial charge in [0.2, 0.25) is 5.91 Å². The molecule has 0 aliphatic carbocycles. The number of anilines is 1. The zero-order valence-electron chi connectivity index (χ0n) is 12.5. The van der Waals surface area contributed by atoms with Crippen molar-refractivity contribution in [2.45, 2.75) is 24.3 Å². The van der Waals surface area contributed by atoms with Crippen molar-refractivity contribution in [2.24, 2.45) is 0 Å². The molecule has 1 atom stereocenters. The number of benzene rings is 2. The van der Waals surface area contributed by atoms with E-state index in [2.05, 4.69) is 6.07 Å². The molecule has 2 aromatic rings. The van der Waals surface area contributed by atoms with Crippen LogP contribution in [0, 0.1) is 5.82 Å². The van der Waals surface area contributed by atoms with Crippen LogP contribution >= 0.6 is 11.8 Å². The molecule has 1 heterocycles. The lowest BCUT2D eigenvalue weighted by atomic mass is 10.2. The van der Waals surface area contributed by atoms with Crippen molar-refractivity contribution in [2.75, 3.05) is 11.4 Å². The van der Waals surface area contributed by atoms with Crippen molar-refractivity contribution in [3.05, 3.63) is 65.5 Å². The van der Waals surface area contributed by atoms with Gasteiger partial charge in [-0.25, -0.2) is 4.39 Å². The number of para-hydroxylation sites is 1. The molecule has 1 aliphatic heterocycles. The number of amides is 1. The van der Waals surface area contributed by atoms with Gasteiger partial charge < -0.3 is 4.90 Å². The Hall–Kier alpha value is -1.81. The number of rotatable bonds is 4. The van der Waals surface area contributed by atoms with E-state index in [0.717, 1.165) is 24.2 Å². The first-order valence-corrected chi connectivity index (χ1v) is 8.45. The zero-order chi connectivity index (χ0) is 15.5. The summed E-state index contributed by atoms with van der Waals surface area (Å²) in [7, 11) is 0. The van der Waals surface area contributed by atoms with E-state index in [1.807, 2.05) is 36.1 Å². The Bertz CT molecular complexity index is 688. The number of fused-ring (bicyclic) bond motifs is 1. The van der Waals surface area contributed by atoms with Crippen LogP contribution in [-0.4, -0.2) is 17.7 Å². The predicted octanol–water partition coefficient (Wildman–Crippen LogP) is 4.04.